The first-order valence-electron chi connectivity index (χ1n) is 9.14. The quantitative estimate of drug-likeness (QED) is 0.831. The van der Waals surface area contributed by atoms with E-state index in [0.29, 0.717) is 63.7 Å². The standard InChI is InChI=1S/C18H26N4O5/c1-25-15-4-3-14(17(20-15)26-2)16(23)19-13-5-7-21(8-6-13)18(24)22-9-11-27-12-10-22/h3-4,13H,5-12H2,1-2H3,(H,19,23). The molecular weight excluding hydrogens is 352 g/mol. The van der Waals surface area contributed by atoms with Gasteiger partial charge in [-0.15, -0.1) is 0 Å². The van der Waals surface area contributed by atoms with Gasteiger partial charge in [0.25, 0.3) is 5.91 Å². The Morgan fingerprint density at radius 3 is 2.37 bits per heavy atom. The normalized spacial score (nSPS) is 18.1. The van der Waals surface area contributed by atoms with Crippen LogP contribution in [0.25, 0.3) is 0 Å². The Bertz CT molecular complexity index is 670. The van der Waals surface area contributed by atoms with Gasteiger partial charge in [0.05, 0.1) is 27.4 Å². The molecule has 2 aliphatic rings. The molecule has 0 spiro atoms. The molecule has 2 fully saturated rings. The average Bonchev–Trinajstić information content (AvgIpc) is 2.73. The van der Waals surface area contributed by atoms with E-state index in [1.54, 1.807) is 12.1 Å². The largest absolute Gasteiger partial charge is 0.481 e. The molecule has 9 nitrogen and oxygen atoms in total. The zero-order valence-corrected chi connectivity index (χ0v) is 15.8. The van der Waals surface area contributed by atoms with Crippen LogP contribution in [0.5, 0.6) is 11.8 Å². The molecular formula is C18H26N4O5. The van der Waals surface area contributed by atoms with E-state index in [0.717, 1.165) is 0 Å². The van der Waals surface area contributed by atoms with Crippen LogP contribution in [0.4, 0.5) is 4.79 Å². The number of piperidine rings is 1. The predicted octanol–water partition coefficient (Wildman–Crippen LogP) is 0.745. The number of carbonyl (C=O) groups excluding carboxylic acids is 2. The van der Waals surface area contributed by atoms with Gasteiger partial charge in [-0.25, -0.2) is 4.79 Å². The highest BCUT2D eigenvalue weighted by Crippen LogP contribution is 2.21. The number of ether oxygens (including phenoxy) is 3. The molecule has 0 radical (unpaired) electrons. The van der Waals surface area contributed by atoms with Crippen molar-refractivity contribution in [1.82, 2.24) is 20.1 Å². The summed E-state index contributed by atoms with van der Waals surface area (Å²) >= 11 is 0. The fraction of sp³-hybridized carbons (Fsp3) is 0.611. The number of nitrogens with one attached hydrogen (secondary N) is 1. The lowest BCUT2D eigenvalue weighted by molar-refractivity contribution is 0.0407. The molecule has 148 valence electrons. The third-order valence-electron chi connectivity index (χ3n) is 4.86. The monoisotopic (exact) mass is 378 g/mol. The number of hydrogen-bond donors (Lipinski definition) is 1. The number of morpholine rings is 1. The van der Waals surface area contributed by atoms with E-state index in [4.69, 9.17) is 14.2 Å². The maximum Gasteiger partial charge on any atom is 0.320 e. The van der Waals surface area contributed by atoms with Crippen molar-refractivity contribution in [3.8, 4) is 11.8 Å². The Labute approximate surface area is 158 Å². The first kappa shape index (κ1) is 19.2. The summed E-state index contributed by atoms with van der Waals surface area (Å²) in [5.74, 6) is 0.380. The maximum absolute atomic E-state index is 12.6. The van der Waals surface area contributed by atoms with Gasteiger partial charge in [-0.3, -0.25) is 4.79 Å². The highest BCUT2D eigenvalue weighted by atomic mass is 16.5. The van der Waals surface area contributed by atoms with Gasteiger partial charge in [0.15, 0.2) is 0 Å². The van der Waals surface area contributed by atoms with Gasteiger partial charge in [-0.05, 0) is 18.9 Å². The van der Waals surface area contributed by atoms with E-state index in [2.05, 4.69) is 10.3 Å². The molecule has 3 rings (SSSR count). The number of hydrogen-bond acceptors (Lipinski definition) is 6. The van der Waals surface area contributed by atoms with E-state index in [-0.39, 0.29) is 23.9 Å². The minimum atomic E-state index is -0.236. The van der Waals surface area contributed by atoms with E-state index in [1.807, 2.05) is 9.80 Å². The first-order chi connectivity index (χ1) is 13.1. The molecule has 27 heavy (non-hydrogen) atoms. The molecule has 9 heteroatoms. The second-order valence-electron chi connectivity index (χ2n) is 6.53. The molecule has 2 saturated heterocycles. The lowest BCUT2D eigenvalue weighted by Crippen LogP contribution is -2.52. The van der Waals surface area contributed by atoms with Crippen molar-refractivity contribution in [3.05, 3.63) is 17.7 Å². The van der Waals surface area contributed by atoms with Gasteiger partial charge in [0, 0.05) is 38.3 Å². The summed E-state index contributed by atoms with van der Waals surface area (Å²) in [6.07, 6.45) is 1.43. The summed E-state index contributed by atoms with van der Waals surface area (Å²) in [7, 11) is 2.97. The second-order valence-corrected chi connectivity index (χ2v) is 6.53. The number of pyridine rings is 1. The highest BCUT2D eigenvalue weighted by Gasteiger charge is 2.28. The maximum atomic E-state index is 12.6. The number of urea groups is 1. The Hall–Kier alpha value is -2.55. The molecule has 2 aliphatic heterocycles. The minimum Gasteiger partial charge on any atom is -0.481 e. The summed E-state index contributed by atoms with van der Waals surface area (Å²) in [5, 5.41) is 3.02. The van der Waals surface area contributed by atoms with E-state index < -0.39 is 0 Å². The van der Waals surface area contributed by atoms with Gasteiger partial charge in [0.2, 0.25) is 11.8 Å². The molecule has 0 aliphatic carbocycles. The predicted molar refractivity (Wildman–Crippen MR) is 97.2 cm³/mol. The van der Waals surface area contributed by atoms with Crippen molar-refractivity contribution in [3.63, 3.8) is 0 Å². The number of nitrogens with zero attached hydrogens (tertiary/aromatic N) is 3. The molecule has 0 unspecified atom stereocenters. The number of carbonyl (C=O) groups is 2. The van der Waals surface area contributed by atoms with Gasteiger partial charge < -0.3 is 29.3 Å². The molecule has 0 atom stereocenters. The van der Waals surface area contributed by atoms with E-state index in [1.165, 1.54) is 14.2 Å². The van der Waals surface area contributed by atoms with E-state index in [9.17, 15) is 9.59 Å². The van der Waals surface area contributed by atoms with Gasteiger partial charge in [-0.1, -0.05) is 0 Å². The molecule has 1 aromatic rings. The molecule has 3 heterocycles. The van der Waals surface area contributed by atoms with Crippen LogP contribution in [0.2, 0.25) is 0 Å². The topological polar surface area (TPSA) is 93.2 Å². The third kappa shape index (κ3) is 4.60. The molecule has 3 amide bonds. The molecule has 1 N–H and O–H groups in total. The number of aromatic nitrogens is 1. The zero-order valence-electron chi connectivity index (χ0n) is 15.8. The number of likely N-dealkylation sites (tertiary alicyclic amines) is 1. The second kappa shape index (κ2) is 8.90. The Kier molecular flexibility index (Phi) is 6.33. The van der Waals surface area contributed by atoms with Crippen LogP contribution in [-0.4, -0.2) is 86.4 Å². The minimum absolute atomic E-state index is 0.0121. The van der Waals surface area contributed by atoms with Crippen LogP contribution < -0.4 is 14.8 Å². The number of rotatable bonds is 4. The first-order valence-corrected chi connectivity index (χ1v) is 9.14. The average molecular weight is 378 g/mol. The van der Waals surface area contributed by atoms with Crippen molar-refractivity contribution < 1.29 is 23.8 Å². The van der Waals surface area contributed by atoms with Crippen molar-refractivity contribution in [2.75, 3.05) is 53.6 Å². The highest BCUT2D eigenvalue weighted by molar-refractivity contribution is 5.96. The van der Waals surface area contributed by atoms with E-state index >= 15 is 0 Å². The van der Waals surface area contributed by atoms with Crippen LogP contribution in [0, 0.1) is 0 Å². The molecule has 1 aromatic heterocycles. The van der Waals surface area contributed by atoms with Crippen LogP contribution in [-0.2, 0) is 4.74 Å². The lowest BCUT2D eigenvalue weighted by atomic mass is 10.0. The Morgan fingerprint density at radius 1 is 1.07 bits per heavy atom. The molecule has 0 aromatic carbocycles. The summed E-state index contributed by atoms with van der Waals surface area (Å²) in [6, 6.07) is 3.33. The van der Waals surface area contributed by atoms with Crippen LogP contribution in [0.15, 0.2) is 12.1 Å². The van der Waals surface area contributed by atoms with Crippen molar-refractivity contribution in [2.24, 2.45) is 0 Å². The fourth-order valence-corrected chi connectivity index (χ4v) is 3.30. The van der Waals surface area contributed by atoms with Crippen LogP contribution in [0.3, 0.4) is 0 Å². The van der Waals surface area contributed by atoms with Crippen molar-refractivity contribution in [2.45, 2.75) is 18.9 Å². The van der Waals surface area contributed by atoms with Crippen LogP contribution in [0.1, 0.15) is 23.2 Å². The van der Waals surface area contributed by atoms with Gasteiger partial charge in [-0.2, -0.15) is 4.98 Å². The zero-order chi connectivity index (χ0) is 19.2. The Balaban J connectivity index is 1.53. The van der Waals surface area contributed by atoms with Crippen LogP contribution >= 0.6 is 0 Å². The third-order valence-corrected chi connectivity index (χ3v) is 4.86. The lowest BCUT2D eigenvalue weighted by Gasteiger charge is -2.37. The summed E-state index contributed by atoms with van der Waals surface area (Å²) < 4.78 is 15.5. The number of amides is 3. The summed E-state index contributed by atoms with van der Waals surface area (Å²) in [4.78, 5) is 32.9. The SMILES string of the molecule is COc1ccc(C(=O)NC2CCN(C(=O)N3CCOCC3)CC2)c(OC)n1. The van der Waals surface area contributed by atoms with Crippen molar-refractivity contribution in [1.29, 1.82) is 0 Å². The Morgan fingerprint density at radius 2 is 1.74 bits per heavy atom. The summed E-state index contributed by atoms with van der Waals surface area (Å²) in [5.41, 5.74) is 0.366. The number of methoxy groups -OCH3 is 2. The van der Waals surface area contributed by atoms with Crippen molar-refractivity contribution >= 4 is 11.9 Å². The van der Waals surface area contributed by atoms with Gasteiger partial charge >= 0.3 is 6.03 Å². The fourth-order valence-electron chi connectivity index (χ4n) is 3.30. The summed E-state index contributed by atoms with van der Waals surface area (Å²) in [6.45, 7) is 3.71. The van der Waals surface area contributed by atoms with Gasteiger partial charge in [0.1, 0.15) is 5.56 Å². The molecule has 0 bridgehead atoms. The smallest absolute Gasteiger partial charge is 0.320 e. The molecule has 0 saturated carbocycles.